The number of carbonyl (C=O) groups excluding carboxylic acids is 4. The Bertz CT molecular complexity index is 2320. The Labute approximate surface area is 435 Å². The van der Waals surface area contributed by atoms with E-state index in [1.54, 1.807) is 17.5 Å². The number of nitrogens with zero attached hydrogens (tertiary/aromatic N) is 5. The van der Waals surface area contributed by atoms with Crippen LogP contribution >= 0.6 is 27.3 Å². The van der Waals surface area contributed by atoms with Crippen molar-refractivity contribution in [3.8, 4) is 16.2 Å². The monoisotopic (exact) mass is 1080 g/mol. The molecule has 18 nitrogen and oxygen atoms in total. The zero-order valence-corrected chi connectivity index (χ0v) is 44.4. The first-order valence-electron chi connectivity index (χ1n) is 25.2. The summed E-state index contributed by atoms with van der Waals surface area (Å²) in [5.74, 6) is 0.902. The minimum atomic E-state index is -0.887. The van der Waals surface area contributed by atoms with Crippen molar-refractivity contribution in [3.63, 3.8) is 0 Å². The summed E-state index contributed by atoms with van der Waals surface area (Å²) < 4.78 is 23.7. The number of amides is 4. The third-order valence-corrected chi connectivity index (χ3v) is 14.1. The van der Waals surface area contributed by atoms with Gasteiger partial charge in [-0.05, 0) is 103 Å². The highest BCUT2D eigenvalue weighted by Gasteiger charge is 2.42. The maximum Gasteiger partial charge on any atom is 0.246 e. The van der Waals surface area contributed by atoms with Gasteiger partial charge in [0.2, 0.25) is 29.6 Å². The topological polar surface area (TPSA) is 219 Å². The van der Waals surface area contributed by atoms with Gasteiger partial charge in [0.15, 0.2) is 0 Å². The first-order valence-corrected chi connectivity index (χ1v) is 26.8. The Hall–Kier alpha value is -5.25. The van der Waals surface area contributed by atoms with Crippen molar-refractivity contribution in [2.45, 2.75) is 103 Å². The van der Waals surface area contributed by atoms with Gasteiger partial charge >= 0.3 is 0 Å². The third kappa shape index (κ3) is 17.8. The van der Waals surface area contributed by atoms with E-state index in [2.05, 4.69) is 52.1 Å². The molecule has 3 heterocycles. The smallest absolute Gasteiger partial charge is 0.246 e. The molecule has 0 bridgehead atoms. The minimum absolute atomic E-state index is 0.00740. The number of nitrogens with one attached hydrogen (secondary N) is 4. The lowest BCUT2D eigenvalue weighted by Crippen LogP contribution is -2.55. The number of halogens is 1. The van der Waals surface area contributed by atoms with Crippen LogP contribution in [0.5, 0.6) is 5.75 Å². The van der Waals surface area contributed by atoms with Crippen molar-refractivity contribution in [2.24, 2.45) is 11.8 Å². The van der Waals surface area contributed by atoms with Crippen LogP contribution in [0.25, 0.3) is 10.4 Å². The molecule has 1 saturated carbocycles. The van der Waals surface area contributed by atoms with Crippen molar-refractivity contribution in [3.05, 3.63) is 76.0 Å². The van der Waals surface area contributed by atoms with Gasteiger partial charge in [0, 0.05) is 96.9 Å². The molecule has 392 valence electrons. The Morgan fingerprint density at radius 1 is 0.903 bits per heavy atom. The molecule has 1 saturated heterocycles. The van der Waals surface area contributed by atoms with Crippen molar-refractivity contribution >= 4 is 68.3 Å². The van der Waals surface area contributed by atoms with Gasteiger partial charge in [0.25, 0.3) is 0 Å². The number of hydrogen-bond acceptors (Lipinski definition) is 15. The second-order valence-electron chi connectivity index (χ2n) is 18.6. The van der Waals surface area contributed by atoms with Crippen LogP contribution in [0.4, 0.5) is 17.5 Å². The van der Waals surface area contributed by atoms with Gasteiger partial charge in [0.1, 0.15) is 30.3 Å². The molecule has 4 amide bonds. The van der Waals surface area contributed by atoms with Crippen molar-refractivity contribution in [1.82, 2.24) is 35.4 Å². The van der Waals surface area contributed by atoms with E-state index in [9.17, 15) is 24.3 Å². The molecule has 0 spiro atoms. The van der Waals surface area contributed by atoms with E-state index in [-0.39, 0.29) is 49.8 Å². The number of unbranched alkanes of at least 4 members (excludes halogenated alkanes) is 1. The van der Waals surface area contributed by atoms with Crippen LogP contribution in [0, 0.1) is 18.8 Å². The molecule has 2 aromatic carbocycles. The molecule has 20 heteroatoms. The number of β-amino-alcohol motifs (C(OH)–C–C–N with tert-alkyl or cyclic N) is 1. The predicted octanol–water partition coefficient (Wildman–Crippen LogP) is 6.88. The lowest BCUT2D eigenvalue weighted by atomic mass is 9.84. The molecule has 1 aliphatic carbocycles. The molecular weight excluding hydrogens is 1010 g/mol. The highest BCUT2D eigenvalue weighted by atomic mass is 79.9. The number of hydrogen-bond donors (Lipinski definition) is 5. The molecular formula is C52H72BrN9O9S. The average Bonchev–Trinajstić information content (AvgIpc) is 3.98. The zero-order chi connectivity index (χ0) is 51.2. The first-order chi connectivity index (χ1) is 34.9. The Kier molecular flexibility index (Phi) is 22.9. The highest BCUT2D eigenvalue weighted by Crippen LogP contribution is 2.29. The summed E-state index contributed by atoms with van der Waals surface area (Å²) in [6, 6.07) is 13.8. The van der Waals surface area contributed by atoms with Gasteiger partial charge in [-0.15, -0.1) is 11.3 Å². The van der Waals surface area contributed by atoms with E-state index in [4.69, 9.17) is 18.9 Å². The standard InChI is InChI=1S/C52H72BrN9O9S/c1-35(2)46(51(67)62-32-41(63)29-44(62)49(65)55-30-37-13-15-38(16-14-37)47-36(3)57-34-72-47)59-45(64)33-70-27-9-25-68-23-5-6-24-69-26-10-28-71-42-19-17-40(18-20-42)58-52-56-31-43(53)48(60-52)54-21-8-22-61(4)50(66)39-11-7-12-39/h13-20,31,34-35,39,41,44,46,63H,5-12,21-30,32-33H2,1-4H3,(H,55,65)(H,59,64)(H2,54,56,58,60)/t41-,44+,46+/m1/s1. The number of rotatable bonds is 31. The normalized spacial score (nSPS) is 16.0. The number of aryl methyl sites for hydroxylation is 1. The number of ether oxygens (including phenoxy) is 4. The lowest BCUT2D eigenvalue weighted by Gasteiger charge is -2.30. The molecule has 72 heavy (non-hydrogen) atoms. The van der Waals surface area contributed by atoms with Crippen molar-refractivity contribution < 1.29 is 43.2 Å². The fourth-order valence-corrected chi connectivity index (χ4v) is 9.32. The van der Waals surface area contributed by atoms with Crippen LogP contribution < -0.4 is 26.0 Å². The summed E-state index contributed by atoms with van der Waals surface area (Å²) in [6.45, 7) is 10.2. The van der Waals surface area contributed by atoms with Crippen molar-refractivity contribution in [1.29, 1.82) is 0 Å². The molecule has 6 rings (SSSR count). The predicted molar refractivity (Wildman–Crippen MR) is 281 cm³/mol. The van der Waals surface area contributed by atoms with E-state index < -0.39 is 30.0 Å². The summed E-state index contributed by atoms with van der Waals surface area (Å²) in [6.07, 6.45) is 8.05. The van der Waals surface area contributed by atoms with Gasteiger partial charge in [0.05, 0.1) is 33.3 Å². The Morgan fingerprint density at radius 2 is 1.60 bits per heavy atom. The SMILES string of the molecule is Cc1ncsc1-c1ccc(CNC(=O)[C@@H]2C[C@@H](O)CN2C(=O)[C@@H](NC(=O)COCCCOCCCCOCCCOc2ccc(Nc3ncc(Br)c(NCCCN(C)C(=O)C4CCC4)n3)cc2)C(C)C)cc1. The number of anilines is 3. The fourth-order valence-electron chi connectivity index (χ4n) is 8.18. The Balaban J connectivity index is 0.752. The van der Waals surface area contributed by atoms with Gasteiger partial charge in [-0.25, -0.2) is 9.97 Å². The summed E-state index contributed by atoms with van der Waals surface area (Å²) in [7, 11) is 1.88. The molecule has 2 aliphatic rings. The van der Waals surface area contributed by atoms with E-state index in [0.29, 0.717) is 70.9 Å². The first kappa shape index (κ1) is 56.1. The number of aliphatic hydroxyl groups is 1. The number of benzene rings is 2. The fraction of sp³-hybridized carbons (Fsp3) is 0.558. The van der Waals surface area contributed by atoms with Crippen LogP contribution in [0.3, 0.4) is 0 Å². The Morgan fingerprint density at radius 3 is 2.26 bits per heavy atom. The summed E-state index contributed by atoms with van der Waals surface area (Å²) in [4.78, 5) is 69.9. The molecule has 5 N–H and O–H groups in total. The number of thiazole rings is 1. The molecule has 0 radical (unpaired) electrons. The van der Waals surface area contributed by atoms with Crippen LogP contribution in [0.2, 0.25) is 0 Å². The summed E-state index contributed by atoms with van der Waals surface area (Å²) in [5.41, 5.74) is 5.57. The van der Waals surface area contributed by atoms with Gasteiger partial charge < -0.3 is 55.1 Å². The van der Waals surface area contributed by atoms with Gasteiger partial charge in [-0.3, -0.25) is 19.2 Å². The average molecular weight is 1080 g/mol. The van der Waals surface area contributed by atoms with E-state index in [1.807, 2.05) is 86.8 Å². The summed E-state index contributed by atoms with van der Waals surface area (Å²) >= 11 is 5.10. The van der Waals surface area contributed by atoms with E-state index in [0.717, 1.165) is 82.6 Å². The maximum atomic E-state index is 13.7. The van der Waals surface area contributed by atoms with Gasteiger partial charge in [-0.2, -0.15) is 4.98 Å². The number of aliphatic hydroxyl groups excluding tert-OH is 1. The summed E-state index contributed by atoms with van der Waals surface area (Å²) in [5, 5.41) is 22.8. The van der Waals surface area contributed by atoms with E-state index >= 15 is 0 Å². The van der Waals surface area contributed by atoms with Crippen LogP contribution in [-0.2, 0) is 39.9 Å². The van der Waals surface area contributed by atoms with Crippen molar-refractivity contribution in [2.75, 3.05) is 83.6 Å². The largest absolute Gasteiger partial charge is 0.494 e. The third-order valence-electron chi connectivity index (χ3n) is 12.5. The minimum Gasteiger partial charge on any atom is -0.494 e. The highest BCUT2D eigenvalue weighted by molar-refractivity contribution is 9.10. The molecule has 4 aromatic rings. The molecule has 1 aliphatic heterocycles. The number of likely N-dealkylation sites (tertiary alicyclic amines) is 1. The van der Waals surface area contributed by atoms with Gasteiger partial charge in [-0.1, -0.05) is 44.5 Å². The second-order valence-corrected chi connectivity index (χ2v) is 20.3. The number of aromatic nitrogens is 3. The van der Waals surface area contributed by atoms with E-state index in [1.165, 1.54) is 4.90 Å². The van der Waals surface area contributed by atoms with Crippen LogP contribution in [0.15, 0.2) is 64.7 Å². The second kappa shape index (κ2) is 29.4. The molecule has 2 fully saturated rings. The molecule has 2 aromatic heterocycles. The lowest BCUT2D eigenvalue weighted by molar-refractivity contribution is -0.143. The zero-order valence-electron chi connectivity index (χ0n) is 42.0. The molecule has 0 unspecified atom stereocenters. The number of carbonyl (C=O) groups is 4. The quantitative estimate of drug-likeness (QED) is 0.0325. The van der Waals surface area contributed by atoms with Crippen LogP contribution in [0.1, 0.15) is 82.9 Å². The van der Waals surface area contributed by atoms with Crippen LogP contribution in [-0.4, -0.2) is 145 Å². The molecule has 3 atom stereocenters. The maximum absolute atomic E-state index is 13.7.